The number of esters is 2. The number of Topliss-reactive ketones (excluding diaryl/α,β-unsaturated/α-hetero) is 1. The summed E-state index contributed by atoms with van der Waals surface area (Å²) < 4.78 is 13.7. The van der Waals surface area contributed by atoms with E-state index < -0.39 is 59.9 Å². The number of nitrogens with two attached hydrogens (primary N) is 1. The molecule has 5 rings (SSSR count). The number of thioether (sulfide) groups is 1. The number of fused-ring (bicyclic) bond motifs is 1. The molecule has 3 amide bonds. The number of aromatic nitrogens is 2. The van der Waals surface area contributed by atoms with Gasteiger partial charge in [-0.3, -0.25) is 28.9 Å². The highest BCUT2D eigenvalue weighted by molar-refractivity contribution is 8.00. The SMILES string of the molecule is CC(=O)OCC(=O)COC(=O)C1=C(/C=C2\CCN([C@@H]3CCNC3)C2=O)CS[C@@H]2[C@H](NC(=O)/C(=N\O)c3nsc(N)n3)C(=O)N12.[Cl-]. The maximum Gasteiger partial charge on any atom is 0.355 e. The highest BCUT2D eigenvalue weighted by Gasteiger charge is 2.55. The Morgan fingerprint density at radius 1 is 1.24 bits per heavy atom. The van der Waals surface area contributed by atoms with Crippen molar-refractivity contribution < 1.29 is 55.9 Å². The number of rotatable bonds is 10. The van der Waals surface area contributed by atoms with E-state index in [9.17, 15) is 34.0 Å². The molecule has 0 spiro atoms. The normalized spacial score (nSPS) is 23.8. The van der Waals surface area contributed by atoms with Crippen LogP contribution in [0.1, 0.15) is 25.6 Å². The van der Waals surface area contributed by atoms with E-state index in [2.05, 4.69) is 29.9 Å². The Morgan fingerprint density at radius 2 is 2.00 bits per heavy atom. The molecule has 4 aliphatic heterocycles. The average molecular weight is 684 g/mol. The molecular weight excluding hydrogens is 656 g/mol. The lowest BCUT2D eigenvalue weighted by Crippen LogP contribution is -3.00. The van der Waals surface area contributed by atoms with Crippen LogP contribution in [0.4, 0.5) is 5.13 Å². The predicted octanol–water partition coefficient (Wildman–Crippen LogP) is -4.85. The molecular formula is C25H28ClN8O9S2-. The third-order valence-corrected chi connectivity index (χ3v) is 9.07. The zero-order valence-corrected chi connectivity index (χ0v) is 26.1. The minimum absolute atomic E-state index is 0. The van der Waals surface area contributed by atoms with Crippen molar-refractivity contribution in [3.63, 3.8) is 0 Å². The topological polar surface area (TPSA) is 236 Å². The average Bonchev–Trinajstić information content (AvgIpc) is 3.76. The Hall–Kier alpha value is -4.07. The summed E-state index contributed by atoms with van der Waals surface area (Å²) in [4.78, 5) is 82.6. The van der Waals surface area contributed by atoms with Gasteiger partial charge in [0.1, 0.15) is 17.1 Å². The lowest BCUT2D eigenvalue weighted by atomic mass is 10.0. The molecule has 0 aliphatic carbocycles. The highest BCUT2D eigenvalue weighted by atomic mass is 35.5. The van der Waals surface area contributed by atoms with Crippen molar-refractivity contribution >= 4 is 69.6 Å². The van der Waals surface area contributed by atoms with E-state index in [0.717, 1.165) is 36.3 Å². The van der Waals surface area contributed by atoms with Crippen LogP contribution in [0.25, 0.3) is 0 Å². The zero-order valence-electron chi connectivity index (χ0n) is 23.7. The Bertz CT molecular complexity index is 1510. The first-order chi connectivity index (χ1) is 21.1. The fourth-order valence-corrected chi connectivity index (χ4v) is 6.89. The second-order valence-electron chi connectivity index (χ2n) is 10.1. The molecule has 0 saturated carbocycles. The number of β-lactam (4-membered cyclic amide) rings is 1. The summed E-state index contributed by atoms with van der Waals surface area (Å²) in [5.41, 5.74) is 5.63. The molecule has 3 saturated heterocycles. The number of halogens is 1. The molecule has 5 N–H and O–H groups in total. The fraction of sp³-hybridized carbons (Fsp3) is 0.480. The van der Waals surface area contributed by atoms with E-state index in [1.165, 1.54) is 11.8 Å². The molecule has 20 heteroatoms. The Balaban J connectivity index is 0.00000461. The first-order valence-electron chi connectivity index (χ1n) is 13.4. The van der Waals surface area contributed by atoms with Gasteiger partial charge in [-0.25, -0.2) is 4.79 Å². The Kier molecular flexibility index (Phi) is 10.8. The summed E-state index contributed by atoms with van der Waals surface area (Å²) in [7, 11) is 0. The van der Waals surface area contributed by atoms with Crippen LogP contribution in [-0.2, 0) is 38.2 Å². The monoisotopic (exact) mass is 683 g/mol. The molecule has 0 aromatic carbocycles. The second-order valence-corrected chi connectivity index (χ2v) is 12.0. The number of hydrogen-bond acceptors (Lipinski definition) is 16. The van der Waals surface area contributed by atoms with E-state index in [0.29, 0.717) is 30.7 Å². The van der Waals surface area contributed by atoms with Gasteiger partial charge in [0.25, 0.3) is 11.8 Å². The van der Waals surface area contributed by atoms with Crippen LogP contribution in [0.5, 0.6) is 0 Å². The summed E-state index contributed by atoms with van der Waals surface area (Å²) in [6.07, 6.45) is 2.86. The Labute approximate surface area is 270 Å². The summed E-state index contributed by atoms with van der Waals surface area (Å²) in [6, 6.07) is -1.05. The van der Waals surface area contributed by atoms with Gasteiger partial charge in [0, 0.05) is 48.9 Å². The van der Waals surface area contributed by atoms with Gasteiger partial charge >= 0.3 is 11.9 Å². The molecule has 0 radical (unpaired) electrons. The van der Waals surface area contributed by atoms with E-state index in [-0.39, 0.29) is 46.8 Å². The molecule has 0 unspecified atom stereocenters. The van der Waals surface area contributed by atoms with Gasteiger partial charge < -0.3 is 48.4 Å². The van der Waals surface area contributed by atoms with Crippen molar-refractivity contribution in [2.24, 2.45) is 5.16 Å². The van der Waals surface area contributed by atoms with Gasteiger partial charge in [-0.15, -0.1) is 11.8 Å². The molecule has 0 bridgehead atoms. The third-order valence-electron chi connectivity index (χ3n) is 7.23. The molecule has 1 aromatic rings. The number of carbonyl (C=O) groups excluding carboxylic acids is 6. The van der Waals surface area contributed by atoms with Gasteiger partial charge in [0.15, 0.2) is 18.3 Å². The molecule has 5 heterocycles. The predicted molar refractivity (Wildman–Crippen MR) is 153 cm³/mol. The highest BCUT2D eigenvalue weighted by Crippen LogP contribution is 2.42. The second kappa shape index (κ2) is 14.4. The smallest absolute Gasteiger partial charge is 0.355 e. The van der Waals surface area contributed by atoms with Gasteiger partial charge in [-0.2, -0.15) is 9.36 Å². The molecule has 3 fully saturated rings. The minimum Gasteiger partial charge on any atom is -1.00 e. The Morgan fingerprint density at radius 3 is 2.64 bits per heavy atom. The van der Waals surface area contributed by atoms with E-state index in [4.69, 9.17) is 10.5 Å². The van der Waals surface area contributed by atoms with E-state index in [1.54, 1.807) is 11.0 Å². The standard InChI is InChI=1S/C25H28N8O9S2.ClH/c1-11(34)41-8-15(35)9-42-24(39)18-13(6-12-3-5-32(21(12)37)14-2-4-27-7-14)10-43-23-17(22(38)33(18)23)28-20(36)16(30-40)19-29-25(26)44-31-19;/h6,14,17,23,27,40H,2-5,7-10H2,1H3,(H,28,36)(H2,26,29,31);1H/p-1/b12-6+,30-16-;/t14-,17-,23-;/m1./s1. The zero-order chi connectivity index (χ0) is 31.5. The molecule has 3 atom stereocenters. The summed E-state index contributed by atoms with van der Waals surface area (Å²) in [6.45, 7) is 1.85. The molecule has 45 heavy (non-hydrogen) atoms. The lowest BCUT2D eigenvalue weighted by molar-refractivity contribution is -0.155. The lowest BCUT2D eigenvalue weighted by Gasteiger charge is -2.49. The maximum absolute atomic E-state index is 13.4. The number of nitrogens with one attached hydrogen (secondary N) is 2. The van der Waals surface area contributed by atoms with Crippen molar-refractivity contribution in [1.82, 2.24) is 29.8 Å². The van der Waals surface area contributed by atoms with E-state index >= 15 is 0 Å². The first-order valence-corrected chi connectivity index (χ1v) is 15.3. The number of likely N-dealkylation sites (tertiary alicyclic amines) is 1. The summed E-state index contributed by atoms with van der Waals surface area (Å²) in [5, 5.41) is 17.3. The number of amides is 3. The number of hydrogen-bond donors (Lipinski definition) is 4. The third kappa shape index (κ3) is 7.10. The van der Waals surface area contributed by atoms with Crippen molar-refractivity contribution in [2.75, 3.05) is 44.3 Å². The van der Waals surface area contributed by atoms with Crippen LogP contribution in [0.15, 0.2) is 28.1 Å². The van der Waals surface area contributed by atoms with Gasteiger partial charge in [0.05, 0.1) is 0 Å². The number of ketones is 1. The maximum atomic E-state index is 13.4. The summed E-state index contributed by atoms with van der Waals surface area (Å²) >= 11 is 2.01. The van der Waals surface area contributed by atoms with Crippen LogP contribution in [-0.4, -0.2) is 122 Å². The number of oxime groups is 1. The van der Waals surface area contributed by atoms with Crippen molar-refractivity contribution in [1.29, 1.82) is 0 Å². The van der Waals surface area contributed by atoms with Crippen molar-refractivity contribution in [3.05, 3.63) is 28.7 Å². The molecule has 1 aromatic heterocycles. The van der Waals surface area contributed by atoms with Crippen molar-refractivity contribution in [2.45, 2.75) is 37.2 Å². The van der Waals surface area contributed by atoms with Crippen LogP contribution in [0.2, 0.25) is 0 Å². The number of ether oxygens (including phenoxy) is 2. The van der Waals surface area contributed by atoms with Crippen molar-refractivity contribution in [3.8, 4) is 0 Å². The fourth-order valence-electron chi connectivity index (χ4n) is 5.15. The molecule has 17 nitrogen and oxygen atoms in total. The first kappa shape index (κ1) is 33.8. The number of allylic oxidation sites excluding steroid dienone is 1. The van der Waals surface area contributed by atoms with Crippen LogP contribution in [0, 0.1) is 0 Å². The van der Waals surface area contributed by atoms with E-state index in [1.807, 2.05) is 0 Å². The van der Waals surface area contributed by atoms with Crippen LogP contribution >= 0.6 is 23.3 Å². The van der Waals surface area contributed by atoms with Gasteiger partial charge in [0.2, 0.25) is 23.2 Å². The van der Waals surface area contributed by atoms with Gasteiger partial charge in [-0.1, -0.05) is 5.16 Å². The number of carbonyl (C=O) groups is 6. The molecule has 242 valence electrons. The number of anilines is 1. The van der Waals surface area contributed by atoms with Gasteiger partial charge in [-0.05, 0) is 31.0 Å². The molecule has 4 aliphatic rings. The number of nitrogens with zero attached hydrogens (tertiary/aromatic N) is 5. The largest absolute Gasteiger partial charge is 1.00 e. The number of nitrogen functional groups attached to an aromatic ring is 1. The minimum atomic E-state index is -1.12. The van der Waals surface area contributed by atoms with Crippen LogP contribution in [0.3, 0.4) is 0 Å². The summed E-state index contributed by atoms with van der Waals surface area (Å²) in [5.74, 6) is -4.21. The quantitative estimate of drug-likeness (QED) is 0.0452. The van der Waals surface area contributed by atoms with Crippen LogP contribution < -0.4 is 28.8 Å².